The molecule has 0 radical (unpaired) electrons. The molecular formula is C15H24BrClN2. The van der Waals surface area contributed by atoms with Crippen LogP contribution in [0, 0.1) is 12.8 Å². The third kappa shape index (κ3) is 5.07. The maximum Gasteiger partial charge on any atom is 0.0234 e. The molecule has 1 atom stereocenters. The molecule has 1 saturated heterocycles. The van der Waals surface area contributed by atoms with Crippen LogP contribution >= 0.6 is 28.3 Å². The van der Waals surface area contributed by atoms with Gasteiger partial charge in [0.05, 0.1) is 0 Å². The number of halogens is 2. The fourth-order valence-corrected chi connectivity index (χ4v) is 3.19. The van der Waals surface area contributed by atoms with Crippen molar-refractivity contribution in [2.24, 2.45) is 11.7 Å². The Morgan fingerprint density at radius 3 is 2.89 bits per heavy atom. The van der Waals surface area contributed by atoms with Gasteiger partial charge < -0.3 is 5.73 Å². The molecule has 4 heteroatoms. The highest BCUT2D eigenvalue weighted by atomic mass is 79.9. The third-order valence-electron chi connectivity index (χ3n) is 3.82. The number of likely N-dealkylation sites (tertiary alicyclic amines) is 1. The molecule has 1 unspecified atom stereocenters. The Morgan fingerprint density at radius 2 is 2.21 bits per heavy atom. The molecule has 1 aliphatic rings. The van der Waals surface area contributed by atoms with Crippen molar-refractivity contribution in [3.8, 4) is 0 Å². The van der Waals surface area contributed by atoms with E-state index in [-0.39, 0.29) is 12.4 Å². The van der Waals surface area contributed by atoms with Crippen LogP contribution in [0.4, 0.5) is 0 Å². The second-order valence-electron chi connectivity index (χ2n) is 5.40. The first-order valence-corrected chi connectivity index (χ1v) is 7.66. The molecule has 1 aliphatic heterocycles. The van der Waals surface area contributed by atoms with Crippen LogP contribution in [-0.4, -0.2) is 24.5 Å². The molecule has 2 N–H and O–H groups in total. The molecule has 0 aliphatic carbocycles. The number of rotatable bonds is 4. The van der Waals surface area contributed by atoms with Gasteiger partial charge in [-0.3, -0.25) is 4.90 Å². The SMILES string of the molecule is Cc1ccc(CN2CCCC(CCN)C2)cc1Br.Cl. The predicted octanol–water partition coefficient (Wildman–Crippen LogP) is 3.74. The van der Waals surface area contributed by atoms with Gasteiger partial charge >= 0.3 is 0 Å². The van der Waals surface area contributed by atoms with Crippen molar-refractivity contribution >= 4 is 28.3 Å². The Bertz CT molecular complexity index is 396. The Labute approximate surface area is 131 Å². The van der Waals surface area contributed by atoms with Crippen molar-refractivity contribution in [3.63, 3.8) is 0 Å². The topological polar surface area (TPSA) is 29.3 Å². The van der Waals surface area contributed by atoms with Crippen molar-refractivity contribution in [1.82, 2.24) is 4.90 Å². The fourth-order valence-electron chi connectivity index (χ4n) is 2.76. The zero-order valence-electron chi connectivity index (χ0n) is 11.6. The second-order valence-corrected chi connectivity index (χ2v) is 6.26. The molecule has 0 aromatic heterocycles. The number of hydrogen-bond acceptors (Lipinski definition) is 2. The van der Waals surface area contributed by atoms with Gasteiger partial charge in [0.25, 0.3) is 0 Å². The summed E-state index contributed by atoms with van der Waals surface area (Å²) >= 11 is 3.61. The summed E-state index contributed by atoms with van der Waals surface area (Å²) < 4.78 is 1.22. The van der Waals surface area contributed by atoms with Gasteiger partial charge in [-0.05, 0) is 62.4 Å². The largest absolute Gasteiger partial charge is 0.330 e. The maximum absolute atomic E-state index is 5.67. The van der Waals surface area contributed by atoms with Crippen LogP contribution in [0.1, 0.15) is 30.4 Å². The van der Waals surface area contributed by atoms with E-state index in [1.54, 1.807) is 0 Å². The summed E-state index contributed by atoms with van der Waals surface area (Å²) in [5, 5.41) is 0. The van der Waals surface area contributed by atoms with Gasteiger partial charge in [-0.1, -0.05) is 28.1 Å². The average Bonchev–Trinajstić information content (AvgIpc) is 2.35. The van der Waals surface area contributed by atoms with Crippen molar-refractivity contribution in [2.45, 2.75) is 32.7 Å². The molecule has 19 heavy (non-hydrogen) atoms. The molecule has 1 fully saturated rings. The lowest BCUT2D eigenvalue weighted by molar-refractivity contribution is 0.163. The average molecular weight is 348 g/mol. The Morgan fingerprint density at radius 1 is 1.42 bits per heavy atom. The third-order valence-corrected chi connectivity index (χ3v) is 4.67. The number of piperidine rings is 1. The molecular weight excluding hydrogens is 324 g/mol. The number of nitrogens with zero attached hydrogens (tertiary/aromatic N) is 1. The summed E-state index contributed by atoms with van der Waals surface area (Å²) in [6.45, 7) is 6.47. The summed E-state index contributed by atoms with van der Waals surface area (Å²) in [7, 11) is 0. The van der Waals surface area contributed by atoms with Gasteiger partial charge in [0, 0.05) is 17.6 Å². The Balaban J connectivity index is 0.00000180. The predicted molar refractivity (Wildman–Crippen MR) is 87.8 cm³/mol. The molecule has 0 amide bonds. The molecule has 1 heterocycles. The van der Waals surface area contributed by atoms with E-state index in [2.05, 4.69) is 46.0 Å². The van der Waals surface area contributed by atoms with Gasteiger partial charge in [0.1, 0.15) is 0 Å². The van der Waals surface area contributed by atoms with Crippen LogP contribution in [0.5, 0.6) is 0 Å². The second kappa shape index (κ2) is 8.25. The lowest BCUT2D eigenvalue weighted by Gasteiger charge is -2.32. The van der Waals surface area contributed by atoms with Gasteiger partial charge in [0.2, 0.25) is 0 Å². The smallest absolute Gasteiger partial charge is 0.0234 e. The lowest BCUT2D eigenvalue weighted by Crippen LogP contribution is -2.35. The van der Waals surface area contributed by atoms with Crippen LogP contribution in [0.2, 0.25) is 0 Å². The minimum absolute atomic E-state index is 0. The first-order valence-electron chi connectivity index (χ1n) is 6.86. The van der Waals surface area contributed by atoms with E-state index in [9.17, 15) is 0 Å². The number of aryl methyl sites for hydroxylation is 1. The van der Waals surface area contributed by atoms with Gasteiger partial charge in [0.15, 0.2) is 0 Å². The van der Waals surface area contributed by atoms with Gasteiger partial charge in [-0.25, -0.2) is 0 Å². The first kappa shape index (κ1) is 17.0. The number of hydrogen-bond donors (Lipinski definition) is 1. The van der Waals surface area contributed by atoms with Crippen LogP contribution < -0.4 is 5.73 Å². The van der Waals surface area contributed by atoms with Crippen molar-refractivity contribution in [2.75, 3.05) is 19.6 Å². The van der Waals surface area contributed by atoms with E-state index in [1.165, 1.54) is 48.0 Å². The molecule has 2 rings (SSSR count). The summed E-state index contributed by atoms with van der Waals surface area (Å²) in [5.41, 5.74) is 8.38. The van der Waals surface area contributed by atoms with Gasteiger partial charge in [-0.15, -0.1) is 12.4 Å². The van der Waals surface area contributed by atoms with E-state index in [4.69, 9.17) is 5.73 Å². The van der Waals surface area contributed by atoms with E-state index < -0.39 is 0 Å². The molecule has 0 bridgehead atoms. The summed E-state index contributed by atoms with van der Waals surface area (Å²) in [5.74, 6) is 0.803. The Hall–Kier alpha value is -0.0900. The number of nitrogens with two attached hydrogens (primary N) is 1. The summed E-state index contributed by atoms with van der Waals surface area (Å²) in [4.78, 5) is 2.57. The van der Waals surface area contributed by atoms with Crippen LogP contribution in [0.25, 0.3) is 0 Å². The van der Waals surface area contributed by atoms with Crippen LogP contribution in [0.15, 0.2) is 22.7 Å². The molecule has 108 valence electrons. The summed E-state index contributed by atoms with van der Waals surface area (Å²) in [6, 6.07) is 6.69. The van der Waals surface area contributed by atoms with E-state index in [1.807, 2.05) is 0 Å². The zero-order chi connectivity index (χ0) is 13.0. The van der Waals surface area contributed by atoms with E-state index >= 15 is 0 Å². The highest BCUT2D eigenvalue weighted by Gasteiger charge is 2.19. The molecule has 0 spiro atoms. The molecule has 2 nitrogen and oxygen atoms in total. The molecule has 1 aromatic rings. The van der Waals surface area contributed by atoms with E-state index in [0.717, 1.165) is 19.0 Å². The normalized spacial score (nSPS) is 20.1. The monoisotopic (exact) mass is 346 g/mol. The fraction of sp³-hybridized carbons (Fsp3) is 0.600. The number of benzene rings is 1. The van der Waals surface area contributed by atoms with E-state index in [0.29, 0.717) is 0 Å². The quantitative estimate of drug-likeness (QED) is 0.899. The standard InChI is InChI=1S/C15H23BrN2.ClH/c1-12-4-5-14(9-15(12)16)11-18-8-2-3-13(10-18)6-7-17;/h4-5,9,13H,2-3,6-8,10-11,17H2,1H3;1H. The lowest BCUT2D eigenvalue weighted by atomic mass is 9.94. The summed E-state index contributed by atoms with van der Waals surface area (Å²) in [6.07, 6.45) is 3.84. The zero-order valence-corrected chi connectivity index (χ0v) is 14.0. The molecule has 1 aromatic carbocycles. The van der Waals surface area contributed by atoms with Crippen molar-refractivity contribution in [1.29, 1.82) is 0 Å². The highest BCUT2D eigenvalue weighted by molar-refractivity contribution is 9.10. The van der Waals surface area contributed by atoms with Crippen molar-refractivity contribution < 1.29 is 0 Å². The minimum atomic E-state index is 0. The Kier molecular flexibility index (Phi) is 7.37. The maximum atomic E-state index is 5.67. The first-order chi connectivity index (χ1) is 8.69. The van der Waals surface area contributed by atoms with Gasteiger partial charge in [-0.2, -0.15) is 0 Å². The molecule has 0 saturated carbocycles. The highest BCUT2D eigenvalue weighted by Crippen LogP contribution is 2.23. The van der Waals surface area contributed by atoms with Crippen molar-refractivity contribution in [3.05, 3.63) is 33.8 Å². The minimum Gasteiger partial charge on any atom is -0.330 e. The van der Waals surface area contributed by atoms with Crippen LogP contribution in [-0.2, 0) is 6.54 Å². The van der Waals surface area contributed by atoms with Crippen LogP contribution in [0.3, 0.4) is 0 Å².